The number of nitrogens with one attached hydrogen (secondary N) is 2. The highest BCUT2D eigenvalue weighted by Gasteiger charge is 2.21. The zero-order chi connectivity index (χ0) is 19.0. The summed E-state index contributed by atoms with van der Waals surface area (Å²) in [5.74, 6) is 0.322. The van der Waals surface area contributed by atoms with Gasteiger partial charge in [0.05, 0.1) is 24.9 Å². The summed E-state index contributed by atoms with van der Waals surface area (Å²) in [4.78, 5) is 21.5. The van der Waals surface area contributed by atoms with E-state index in [1.165, 1.54) is 11.3 Å². The Morgan fingerprint density at radius 1 is 1.44 bits per heavy atom. The summed E-state index contributed by atoms with van der Waals surface area (Å²) >= 11 is 1.33. The van der Waals surface area contributed by atoms with Crippen LogP contribution in [0.5, 0.6) is 0 Å². The van der Waals surface area contributed by atoms with Gasteiger partial charge in [-0.05, 0) is 27.7 Å². The van der Waals surface area contributed by atoms with Crippen LogP contribution >= 0.6 is 11.3 Å². The van der Waals surface area contributed by atoms with E-state index in [0.29, 0.717) is 29.7 Å². The number of carbonyl (C=O) groups is 1. The number of guanidine groups is 1. The molecule has 0 amide bonds. The number of aliphatic imine (C=N–C) groups is 1. The molecule has 1 rings (SSSR count). The Hall–Kier alpha value is -1.67. The molecular weight excluding hydrogens is 340 g/mol. The van der Waals surface area contributed by atoms with Crippen molar-refractivity contribution < 1.29 is 14.6 Å². The SMILES string of the molecule is CCNC(=NCC(C)(C)CO)NC(C)c1nc(C)c(C(=O)OCC)s1. The molecule has 0 saturated carbocycles. The van der Waals surface area contributed by atoms with Crippen LogP contribution in [0.15, 0.2) is 4.99 Å². The number of nitrogens with zero attached hydrogens (tertiary/aromatic N) is 2. The molecule has 0 bridgehead atoms. The van der Waals surface area contributed by atoms with E-state index >= 15 is 0 Å². The van der Waals surface area contributed by atoms with Crippen LogP contribution in [0, 0.1) is 12.3 Å². The van der Waals surface area contributed by atoms with Crippen molar-refractivity contribution in [1.82, 2.24) is 15.6 Å². The largest absolute Gasteiger partial charge is 0.462 e. The number of thiazole rings is 1. The number of aromatic nitrogens is 1. The average Bonchev–Trinajstić information content (AvgIpc) is 2.95. The first-order valence-corrected chi connectivity index (χ1v) is 9.35. The minimum absolute atomic E-state index is 0.0695. The van der Waals surface area contributed by atoms with Crippen LogP contribution in [-0.2, 0) is 4.74 Å². The minimum Gasteiger partial charge on any atom is -0.462 e. The number of hydrogen-bond donors (Lipinski definition) is 3. The van der Waals surface area contributed by atoms with Crippen molar-refractivity contribution in [3.63, 3.8) is 0 Å². The highest BCUT2D eigenvalue weighted by molar-refractivity contribution is 7.13. The quantitative estimate of drug-likeness (QED) is 0.369. The van der Waals surface area contributed by atoms with Gasteiger partial charge in [0.1, 0.15) is 9.88 Å². The second kappa shape index (κ2) is 9.72. The van der Waals surface area contributed by atoms with Gasteiger partial charge in [0, 0.05) is 18.6 Å². The summed E-state index contributed by atoms with van der Waals surface area (Å²) in [6.07, 6.45) is 0. The van der Waals surface area contributed by atoms with Crippen LogP contribution in [0.4, 0.5) is 0 Å². The molecule has 0 spiro atoms. The van der Waals surface area contributed by atoms with Gasteiger partial charge in [-0.3, -0.25) is 4.99 Å². The summed E-state index contributed by atoms with van der Waals surface area (Å²) in [7, 11) is 0. The summed E-state index contributed by atoms with van der Waals surface area (Å²) in [6.45, 7) is 13.1. The summed E-state index contributed by atoms with van der Waals surface area (Å²) in [5.41, 5.74) is 0.399. The summed E-state index contributed by atoms with van der Waals surface area (Å²) in [6, 6.07) is -0.109. The van der Waals surface area contributed by atoms with Crippen molar-refractivity contribution in [3.05, 3.63) is 15.6 Å². The van der Waals surface area contributed by atoms with E-state index in [2.05, 4.69) is 20.6 Å². The Labute approximate surface area is 153 Å². The van der Waals surface area contributed by atoms with Crippen molar-refractivity contribution in [2.45, 2.75) is 47.6 Å². The third-order valence-electron chi connectivity index (χ3n) is 3.44. The fraction of sp³-hybridized carbons (Fsp3) is 0.706. The Kier molecular flexibility index (Phi) is 8.31. The van der Waals surface area contributed by atoms with Crippen molar-refractivity contribution in [3.8, 4) is 0 Å². The van der Waals surface area contributed by atoms with Gasteiger partial charge in [-0.15, -0.1) is 11.3 Å². The molecule has 1 aromatic rings. The van der Waals surface area contributed by atoms with E-state index in [0.717, 1.165) is 11.6 Å². The summed E-state index contributed by atoms with van der Waals surface area (Å²) in [5, 5.41) is 16.6. The van der Waals surface area contributed by atoms with Crippen molar-refractivity contribution in [1.29, 1.82) is 0 Å². The normalized spacial score (nSPS) is 13.5. The number of carbonyl (C=O) groups excluding carboxylic acids is 1. The fourth-order valence-electron chi connectivity index (χ4n) is 1.92. The molecule has 0 fully saturated rings. The average molecular weight is 371 g/mol. The molecule has 1 heterocycles. The van der Waals surface area contributed by atoms with Crippen LogP contribution < -0.4 is 10.6 Å². The smallest absolute Gasteiger partial charge is 0.350 e. The maximum absolute atomic E-state index is 11.9. The van der Waals surface area contributed by atoms with E-state index < -0.39 is 0 Å². The molecule has 1 atom stereocenters. The maximum atomic E-state index is 11.9. The highest BCUT2D eigenvalue weighted by atomic mass is 32.1. The third-order valence-corrected chi connectivity index (χ3v) is 4.76. The first-order chi connectivity index (χ1) is 11.7. The van der Waals surface area contributed by atoms with Crippen LogP contribution in [0.3, 0.4) is 0 Å². The molecule has 0 aromatic carbocycles. The lowest BCUT2D eigenvalue weighted by Crippen LogP contribution is -2.39. The van der Waals surface area contributed by atoms with Gasteiger partial charge in [0.15, 0.2) is 5.96 Å². The number of esters is 1. The second-order valence-electron chi connectivity index (χ2n) is 6.57. The molecule has 0 saturated heterocycles. The van der Waals surface area contributed by atoms with E-state index in [-0.39, 0.29) is 24.0 Å². The Morgan fingerprint density at radius 3 is 2.68 bits per heavy atom. The Balaban J connectivity index is 2.87. The molecule has 1 unspecified atom stereocenters. The van der Waals surface area contributed by atoms with E-state index in [1.54, 1.807) is 6.92 Å². The van der Waals surface area contributed by atoms with E-state index in [9.17, 15) is 9.90 Å². The van der Waals surface area contributed by atoms with Gasteiger partial charge in [-0.2, -0.15) is 0 Å². The molecule has 8 heteroatoms. The molecule has 0 aliphatic rings. The van der Waals surface area contributed by atoms with Crippen LogP contribution in [0.25, 0.3) is 0 Å². The second-order valence-corrected chi connectivity index (χ2v) is 7.60. The predicted octanol–water partition coefficient (Wildman–Crippen LogP) is 2.26. The van der Waals surface area contributed by atoms with Gasteiger partial charge in [-0.25, -0.2) is 9.78 Å². The van der Waals surface area contributed by atoms with E-state index in [4.69, 9.17) is 4.74 Å². The standard InChI is InChI=1S/C17H30N4O3S/c1-7-18-16(19-9-17(5,6)10-22)21-12(4)14-20-11(3)13(25-14)15(23)24-8-2/h12,22H,7-10H2,1-6H3,(H2,18,19,21). The van der Waals surface area contributed by atoms with Crippen molar-refractivity contribution in [2.75, 3.05) is 26.3 Å². The predicted molar refractivity (Wildman–Crippen MR) is 101 cm³/mol. The number of aryl methyl sites for hydroxylation is 1. The zero-order valence-electron chi connectivity index (χ0n) is 16.0. The van der Waals surface area contributed by atoms with Crippen LogP contribution in [0.1, 0.15) is 61.0 Å². The Bertz CT molecular complexity index is 599. The lowest BCUT2D eigenvalue weighted by atomic mass is 9.95. The van der Waals surface area contributed by atoms with Crippen LogP contribution in [0.2, 0.25) is 0 Å². The number of aliphatic hydroxyl groups excluding tert-OH is 1. The molecule has 0 radical (unpaired) electrons. The molecule has 25 heavy (non-hydrogen) atoms. The van der Waals surface area contributed by atoms with Crippen molar-refractivity contribution in [2.24, 2.45) is 10.4 Å². The number of rotatable bonds is 8. The first kappa shape index (κ1) is 21.4. The van der Waals surface area contributed by atoms with Gasteiger partial charge >= 0.3 is 5.97 Å². The minimum atomic E-state index is -0.332. The molecule has 3 N–H and O–H groups in total. The lowest BCUT2D eigenvalue weighted by Gasteiger charge is -2.21. The zero-order valence-corrected chi connectivity index (χ0v) is 16.8. The van der Waals surface area contributed by atoms with Gasteiger partial charge < -0.3 is 20.5 Å². The molecular formula is C17H30N4O3S. The van der Waals surface area contributed by atoms with E-state index in [1.807, 2.05) is 34.6 Å². The molecule has 7 nitrogen and oxygen atoms in total. The Morgan fingerprint density at radius 2 is 2.12 bits per heavy atom. The van der Waals surface area contributed by atoms with Crippen LogP contribution in [-0.4, -0.2) is 48.3 Å². The van der Waals surface area contributed by atoms with Gasteiger partial charge in [0.2, 0.25) is 0 Å². The monoisotopic (exact) mass is 370 g/mol. The molecule has 1 aromatic heterocycles. The molecule has 142 valence electrons. The first-order valence-electron chi connectivity index (χ1n) is 8.54. The summed E-state index contributed by atoms with van der Waals surface area (Å²) < 4.78 is 5.06. The number of ether oxygens (including phenoxy) is 1. The fourth-order valence-corrected chi connectivity index (χ4v) is 2.88. The number of hydrogen-bond acceptors (Lipinski definition) is 6. The topological polar surface area (TPSA) is 95.8 Å². The number of aliphatic hydroxyl groups is 1. The molecule has 0 aliphatic heterocycles. The van der Waals surface area contributed by atoms with Crippen molar-refractivity contribution >= 4 is 23.3 Å². The molecule has 0 aliphatic carbocycles. The maximum Gasteiger partial charge on any atom is 0.350 e. The third kappa shape index (κ3) is 6.62. The lowest BCUT2D eigenvalue weighted by molar-refractivity contribution is 0.0531. The van der Waals surface area contributed by atoms with Gasteiger partial charge in [-0.1, -0.05) is 13.8 Å². The van der Waals surface area contributed by atoms with Gasteiger partial charge in [0.25, 0.3) is 0 Å². The highest BCUT2D eigenvalue weighted by Crippen LogP contribution is 2.24.